The second-order valence-corrected chi connectivity index (χ2v) is 6.66. The Morgan fingerprint density at radius 1 is 1.40 bits per heavy atom. The molecule has 108 valence electrons. The van der Waals surface area contributed by atoms with Crippen molar-refractivity contribution in [1.82, 2.24) is 0 Å². The van der Waals surface area contributed by atoms with Crippen molar-refractivity contribution in [2.45, 2.75) is 39.7 Å². The summed E-state index contributed by atoms with van der Waals surface area (Å²) >= 11 is 0. The summed E-state index contributed by atoms with van der Waals surface area (Å²) in [7, 11) is 0. The molecule has 1 saturated carbocycles. The molecule has 1 aromatic carbocycles. The van der Waals surface area contributed by atoms with Crippen LogP contribution in [-0.2, 0) is 4.79 Å². The van der Waals surface area contributed by atoms with Crippen molar-refractivity contribution >= 4 is 11.5 Å². The maximum atomic E-state index is 12.0. The molecule has 2 bridgehead atoms. The predicted octanol–water partition coefficient (Wildman–Crippen LogP) is 3.28. The highest BCUT2D eigenvalue weighted by atomic mass is 16.5. The van der Waals surface area contributed by atoms with Gasteiger partial charge in [-0.3, -0.25) is 4.79 Å². The van der Waals surface area contributed by atoms with E-state index < -0.39 is 0 Å². The average molecular weight is 273 g/mol. The largest absolute Gasteiger partial charge is 0.494 e. The lowest BCUT2D eigenvalue weighted by molar-refractivity contribution is -0.130. The van der Waals surface area contributed by atoms with Crippen LogP contribution in [0.15, 0.2) is 24.3 Å². The second kappa shape index (κ2) is 4.80. The first-order valence-corrected chi connectivity index (χ1v) is 7.53. The maximum absolute atomic E-state index is 12.0. The third kappa shape index (κ3) is 2.19. The van der Waals surface area contributed by atoms with Crippen molar-refractivity contribution in [3.63, 3.8) is 0 Å². The van der Waals surface area contributed by atoms with Crippen LogP contribution in [0.5, 0.6) is 5.75 Å². The number of hydrogen-bond donors (Lipinski definition) is 0. The Kier molecular flexibility index (Phi) is 3.23. The maximum Gasteiger partial charge on any atom is 0.139 e. The van der Waals surface area contributed by atoms with Gasteiger partial charge in [-0.25, -0.2) is 0 Å². The van der Waals surface area contributed by atoms with Crippen LogP contribution in [0.25, 0.3) is 0 Å². The normalized spacial score (nSPS) is 27.8. The molecule has 0 spiro atoms. The van der Waals surface area contributed by atoms with Crippen LogP contribution < -0.4 is 9.64 Å². The predicted molar refractivity (Wildman–Crippen MR) is 80.3 cm³/mol. The van der Waals surface area contributed by atoms with Gasteiger partial charge in [0.15, 0.2) is 0 Å². The van der Waals surface area contributed by atoms with Gasteiger partial charge >= 0.3 is 0 Å². The fourth-order valence-corrected chi connectivity index (χ4v) is 3.79. The van der Waals surface area contributed by atoms with Gasteiger partial charge in [0.1, 0.15) is 11.5 Å². The zero-order valence-electron chi connectivity index (χ0n) is 12.6. The first kappa shape index (κ1) is 13.5. The number of carbonyl (C=O) groups excluding carboxylic acids is 1. The highest BCUT2D eigenvalue weighted by Gasteiger charge is 2.49. The minimum Gasteiger partial charge on any atom is -0.494 e. The van der Waals surface area contributed by atoms with Crippen LogP contribution in [0.4, 0.5) is 5.69 Å². The van der Waals surface area contributed by atoms with E-state index in [-0.39, 0.29) is 11.3 Å². The molecule has 2 heterocycles. The molecule has 0 aromatic heterocycles. The first-order chi connectivity index (χ1) is 9.51. The molecule has 3 aliphatic rings. The first-order valence-electron chi connectivity index (χ1n) is 7.53. The lowest BCUT2D eigenvalue weighted by Gasteiger charge is -2.54. The summed E-state index contributed by atoms with van der Waals surface area (Å²) in [6, 6.07) is 8.58. The van der Waals surface area contributed by atoms with Crippen molar-refractivity contribution in [2.24, 2.45) is 11.3 Å². The van der Waals surface area contributed by atoms with Crippen LogP contribution in [0, 0.1) is 11.3 Å². The molecule has 0 amide bonds. The van der Waals surface area contributed by atoms with Gasteiger partial charge in [0.2, 0.25) is 0 Å². The lowest BCUT2D eigenvalue weighted by atomic mass is 9.64. The summed E-state index contributed by atoms with van der Waals surface area (Å²) in [4.78, 5) is 14.5. The lowest BCUT2D eigenvalue weighted by Crippen LogP contribution is -2.60. The summed E-state index contributed by atoms with van der Waals surface area (Å²) in [6.45, 7) is 8.12. The number of hydrogen-bond acceptors (Lipinski definition) is 3. The average Bonchev–Trinajstić information content (AvgIpc) is 2.40. The number of fused-ring (bicyclic) bond motifs is 3. The molecule has 20 heavy (non-hydrogen) atoms. The number of rotatable bonds is 3. The Hall–Kier alpha value is -1.51. The molecule has 0 N–H and O–H groups in total. The Morgan fingerprint density at radius 2 is 2.20 bits per heavy atom. The fourth-order valence-electron chi connectivity index (χ4n) is 3.79. The van der Waals surface area contributed by atoms with Gasteiger partial charge in [-0.2, -0.15) is 0 Å². The summed E-state index contributed by atoms with van der Waals surface area (Å²) in [5, 5.41) is 0. The van der Waals surface area contributed by atoms with Gasteiger partial charge in [0.05, 0.1) is 6.61 Å². The smallest absolute Gasteiger partial charge is 0.139 e. The van der Waals surface area contributed by atoms with Gasteiger partial charge in [-0.1, -0.05) is 19.9 Å². The van der Waals surface area contributed by atoms with Gasteiger partial charge < -0.3 is 9.64 Å². The number of carbonyl (C=O) groups is 1. The molecule has 1 aromatic rings. The van der Waals surface area contributed by atoms with Gasteiger partial charge in [0.25, 0.3) is 0 Å². The van der Waals surface area contributed by atoms with Crippen LogP contribution in [0.1, 0.15) is 33.6 Å². The highest BCUT2D eigenvalue weighted by Crippen LogP contribution is 2.46. The van der Waals surface area contributed by atoms with E-state index in [2.05, 4.69) is 30.9 Å². The number of benzene rings is 1. The number of ketones is 1. The molecular weight excluding hydrogens is 250 g/mol. The second-order valence-electron chi connectivity index (χ2n) is 6.66. The van der Waals surface area contributed by atoms with Crippen LogP contribution in [0.3, 0.4) is 0 Å². The van der Waals surface area contributed by atoms with E-state index in [1.54, 1.807) is 0 Å². The van der Waals surface area contributed by atoms with E-state index in [4.69, 9.17) is 4.74 Å². The third-order valence-corrected chi connectivity index (χ3v) is 4.78. The molecule has 2 atom stereocenters. The standard InChI is InChI=1S/C17H23NO2/c1-4-20-14-7-5-6-13(8-14)18-11-12-10-17(2,3)16(18)9-15(12)19/h5-8,12,16H,4,9-11H2,1-3H3/t12-,16+/m0/s1. The van der Waals surface area contributed by atoms with E-state index >= 15 is 0 Å². The van der Waals surface area contributed by atoms with Crippen LogP contribution in [0.2, 0.25) is 0 Å². The van der Waals surface area contributed by atoms with Crippen molar-refractivity contribution in [3.05, 3.63) is 24.3 Å². The van der Waals surface area contributed by atoms with Crippen LogP contribution >= 0.6 is 0 Å². The molecule has 4 rings (SSSR count). The number of anilines is 1. The quantitative estimate of drug-likeness (QED) is 0.846. The Balaban J connectivity index is 1.91. The highest BCUT2D eigenvalue weighted by molar-refractivity contribution is 5.86. The molecule has 3 fully saturated rings. The van der Waals surface area contributed by atoms with Crippen molar-refractivity contribution in [3.8, 4) is 5.75 Å². The third-order valence-electron chi connectivity index (χ3n) is 4.78. The number of ether oxygens (including phenoxy) is 1. The molecule has 2 aliphatic heterocycles. The van der Waals surface area contributed by atoms with Crippen molar-refractivity contribution in [2.75, 3.05) is 18.1 Å². The summed E-state index contributed by atoms with van der Waals surface area (Å²) < 4.78 is 5.60. The summed E-state index contributed by atoms with van der Waals surface area (Å²) in [5.74, 6) is 1.56. The zero-order valence-corrected chi connectivity index (χ0v) is 12.6. The number of nitrogens with zero attached hydrogens (tertiary/aromatic N) is 1. The minimum absolute atomic E-state index is 0.200. The zero-order chi connectivity index (χ0) is 14.3. The van der Waals surface area contributed by atoms with E-state index in [0.29, 0.717) is 24.9 Å². The number of piperidine rings is 2. The summed E-state index contributed by atoms with van der Waals surface area (Å²) in [5.41, 5.74) is 1.39. The molecule has 2 saturated heterocycles. The SMILES string of the molecule is CCOc1cccc(N2C[C@@H]3CC(C)(C)[C@H]2CC3=O)c1. The topological polar surface area (TPSA) is 29.5 Å². The monoisotopic (exact) mass is 273 g/mol. The molecule has 3 nitrogen and oxygen atoms in total. The van der Waals surface area contributed by atoms with E-state index in [0.717, 1.165) is 18.7 Å². The molecular formula is C17H23NO2. The summed E-state index contributed by atoms with van der Waals surface area (Å²) in [6.07, 6.45) is 1.72. The molecule has 0 unspecified atom stereocenters. The van der Waals surface area contributed by atoms with Gasteiger partial charge in [-0.05, 0) is 30.9 Å². The minimum atomic E-state index is 0.200. The molecule has 1 aliphatic carbocycles. The Labute approximate surface area is 120 Å². The van der Waals surface area contributed by atoms with Crippen LogP contribution in [-0.4, -0.2) is 25.0 Å². The molecule has 0 radical (unpaired) electrons. The Morgan fingerprint density at radius 3 is 2.90 bits per heavy atom. The number of Topliss-reactive ketones (excluding diaryl/α,β-unsaturated/α-hetero) is 1. The fraction of sp³-hybridized carbons (Fsp3) is 0.588. The Bertz CT molecular complexity index is 523. The molecule has 3 heteroatoms. The van der Waals surface area contributed by atoms with E-state index in [1.807, 2.05) is 19.1 Å². The van der Waals surface area contributed by atoms with E-state index in [1.165, 1.54) is 5.69 Å². The van der Waals surface area contributed by atoms with Crippen molar-refractivity contribution < 1.29 is 9.53 Å². The van der Waals surface area contributed by atoms with Gasteiger partial charge in [0, 0.05) is 36.7 Å². The van der Waals surface area contributed by atoms with Gasteiger partial charge in [-0.15, -0.1) is 0 Å². The van der Waals surface area contributed by atoms with E-state index in [9.17, 15) is 4.79 Å². The van der Waals surface area contributed by atoms with Crippen molar-refractivity contribution in [1.29, 1.82) is 0 Å².